The van der Waals surface area contributed by atoms with Gasteiger partial charge >= 0.3 is 0 Å². The highest BCUT2D eigenvalue weighted by Gasteiger charge is 2.25. The normalized spacial score (nSPS) is 17.4. The van der Waals surface area contributed by atoms with E-state index in [-0.39, 0.29) is 5.82 Å². The van der Waals surface area contributed by atoms with Crippen molar-refractivity contribution in [2.45, 2.75) is 53.4 Å². The second kappa shape index (κ2) is 10.8. The van der Waals surface area contributed by atoms with Crippen molar-refractivity contribution in [3.8, 4) is 11.1 Å². The van der Waals surface area contributed by atoms with Crippen LogP contribution in [0.15, 0.2) is 72.8 Å². The van der Waals surface area contributed by atoms with E-state index in [2.05, 4.69) is 49.4 Å². The lowest BCUT2D eigenvalue weighted by Gasteiger charge is -2.30. The van der Waals surface area contributed by atoms with E-state index in [1.807, 2.05) is 45.9 Å². The van der Waals surface area contributed by atoms with Crippen LogP contribution < -0.4 is 0 Å². The number of fused-ring (bicyclic) bond motifs is 1. The van der Waals surface area contributed by atoms with Gasteiger partial charge in [0, 0.05) is 11.5 Å². The van der Waals surface area contributed by atoms with Crippen LogP contribution >= 0.6 is 0 Å². The monoisotopic (exact) mass is 376 g/mol. The van der Waals surface area contributed by atoms with Gasteiger partial charge in [-0.15, -0.1) is 0 Å². The molecule has 0 saturated carbocycles. The first kappa shape index (κ1) is 21.9. The average molecular weight is 377 g/mol. The standard InChI is InChI=1S/C23H21F.2C2H6/c1-16-13-17-7-2-3-10-20(17)22(14-16)19-9-6-8-18(15-19)21-11-4-5-12-23(21)24;2*1-2/h2-12,15-16,22H,13-14H2,1H3;2*1-2H3/t16-,22+;;/m1../s1. The number of halogens is 1. The van der Waals surface area contributed by atoms with Crippen LogP contribution in [-0.4, -0.2) is 0 Å². The molecule has 0 N–H and O–H groups in total. The number of benzene rings is 3. The van der Waals surface area contributed by atoms with E-state index < -0.39 is 0 Å². The molecule has 0 radical (unpaired) electrons. The summed E-state index contributed by atoms with van der Waals surface area (Å²) in [6.07, 6.45) is 2.30. The van der Waals surface area contributed by atoms with Crippen molar-refractivity contribution in [3.05, 3.63) is 95.3 Å². The van der Waals surface area contributed by atoms with Gasteiger partial charge in [-0.3, -0.25) is 0 Å². The van der Waals surface area contributed by atoms with Gasteiger partial charge in [0.15, 0.2) is 0 Å². The Morgan fingerprint density at radius 1 is 0.786 bits per heavy atom. The smallest absolute Gasteiger partial charge is 0.131 e. The fourth-order valence-corrected chi connectivity index (χ4v) is 3.98. The van der Waals surface area contributed by atoms with Crippen molar-refractivity contribution in [2.24, 2.45) is 5.92 Å². The zero-order valence-corrected chi connectivity index (χ0v) is 17.9. The predicted molar refractivity (Wildman–Crippen MR) is 120 cm³/mol. The van der Waals surface area contributed by atoms with Gasteiger partial charge in [-0.2, -0.15) is 0 Å². The highest BCUT2D eigenvalue weighted by molar-refractivity contribution is 5.65. The summed E-state index contributed by atoms with van der Waals surface area (Å²) in [5, 5.41) is 0. The third-order valence-electron chi connectivity index (χ3n) is 5.11. The van der Waals surface area contributed by atoms with Crippen LogP contribution in [0, 0.1) is 11.7 Å². The summed E-state index contributed by atoms with van der Waals surface area (Å²) in [4.78, 5) is 0. The van der Waals surface area contributed by atoms with Crippen molar-refractivity contribution in [3.63, 3.8) is 0 Å². The Morgan fingerprint density at radius 2 is 1.46 bits per heavy atom. The molecule has 0 spiro atoms. The lowest BCUT2D eigenvalue weighted by Crippen LogP contribution is -2.17. The molecule has 0 saturated heterocycles. The van der Waals surface area contributed by atoms with E-state index in [0.717, 1.165) is 18.4 Å². The number of hydrogen-bond acceptors (Lipinski definition) is 0. The SMILES string of the molecule is CC.CC.C[C@@H]1Cc2ccccc2[C@H](c2cccc(-c3ccccc3F)c2)C1. The molecule has 0 unspecified atom stereocenters. The molecule has 0 heterocycles. The van der Waals surface area contributed by atoms with E-state index in [0.29, 0.717) is 17.4 Å². The minimum absolute atomic E-state index is 0.160. The Balaban J connectivity index is 0.000000660. The first-order valence-corrected chi connectivity index (χ1v) is 10.6. The molecular formula is C27H33F. The minimum atomic E-state index is -0.160. The van der Waals surface area contributed by atoms with E-state index in [1.54, 1.807) is 6.07 Å². The fraction of sp³-hybridized carbons (Fsp3) is 0.333. The van der Waals surface area contributed by atoms with E-state index in [4.69, 9.17) is 0 Å². The maximum absolute atomic E-state index is 14.2. The number of rotatable bonds is 2. The molecule has 0 nitrogen and oxygen atoms in total. The topological polar surface area (TPSA) is 0 Å². The fourth-order valence-electron chi connectivity index (χ4n) is 3.98. The Labute approximate surface area is 170 Å². The summed E-state index contributed by atoms with van der Waals surface area (Å²) < 4.78 is 14.2. The van der Waals surface area contributed by atoms with Crippen LogP contribution in [0.5, 0.6) is 0 Å². The van der Waals surface area contributed by atoms with Crippen LogP contribution in [0.4, 0.5) is 4.39 Å². The first-order valence-electron chi connectivity index (χ1n) is 10.6. The van der Waals surface area contributed by atoms with Crippen LogP contribution in [0.25, 0.3) is 11.1 Å². The minimum Gasteiger partial charge on any atom is -0.206 e. The van der Waals surface area contributed by atoms with Crippen LogP contribution in [-0.2, 0) is 6.42 Å². The van der Waals surface area contributed by atoms with Gasteiger partial charge in [-0.1, -0.05) is 101 Å². The molecule has 148 valence electrons. The second-order valence-electron chi connectivity index (χ2n) is 6.90. The van der Waals surface area contributed by atoms with E-state index in [9.17, 15) is 4.39 Å². The highest BCUT2D eigenvalue weighted by atomic mass is 19.1. The zero-order valence-electron chi connectivity index (χ0n) is 17.9. The molecule has 0 fully saturated rings. The molecule has 3 aromatic rings. The molecule has 2 atom stereocenters. The molecule has 4 rings (SSSR count). The third kappa shape index (κ3) is 4.90. The predicted octanol–water partition coefficient (Wildman–Crippen LogP) is 8.26. The largest absolute Gasteiger partial charge is 0.206 e. The summed E-state index contributed by atoms with van der Waals surface area (Å²) >= 11 is 0. The van der Waals surface area contributed by atoms with Crippen LogP contribution in [0.1, 0.15) is 63.6 Å². The Hall–Kier alpha value is -2.41. The summed E-state index contributed by atoms with van der Waals surface area (Å²) in [6.45, 7) is 10.3. The molecule has 1 aliphatic carbocycles. The van der Waals surface area contributed by atoms with Crippen molar-refractivity contribution in [1.29, 1.82) is 0 Å². The van der Waals surface area contributed by atoms with E-state index >= 15 is 0 Å². The van der Waals surface area contributed by atoms with Crippen LogP contribution in [0.3, 0.4) is 0 Å². The summed E-state index contributed by atoms with van der Waals surface area (Å²) in [7, 11) is 0. The van der Waals surface area contributed by atoms with Gasteiger partial charge in [0.1, 0.15) is 5.82 Å². The Kier molecular flexibility index (Phi) is 8.44. The Bertz CT molecular complexity index is 865. The lowest BCUT2D eigenvalue weighted by molar-refractivity contribution is 0.464. The van der Waals surface area contributed by atoms with E-state index in [1.165, 1.54) is 22.8 Å². The molecule has 0 bridgehead atoms. The molecule has 0 aromatic heterocycles. The molecule has 0 amide bonds. The third-order valence-corrected chi connectivity index (χ3v) is 5.11. The zero-order chi connectivity index (χ0) is 20.5. The Morgan fingerprint density at radius 3 is 2.21 bits per heavy atom. The molecular weight excluding hydrogens is 343 g/mol. The molecule has 1 aliphatic rings. The summed E-state index contributed by atoms with van der Waals surface area (Å²) in [5.74, 6) is 0.908. The maximum atomic E-state index is 14.2. The molecule has 3 aromatic carbocycles. The average Bonchev–Trinajstić information content (AvgIpc) is 2.76. The lowest BCUT2D eigenvalue weighted by atomic mass is 9.74. The van der Waals surface area contributed by atoms with Gasteiger partial charge in [0.05, 0.1) is 0 Å². The van der Waals surface area contributed by atoms with Crippen LogP contribution in [0.2, 0.25) is 0 Å². The molecule has 28 heavy (non-hydrogen) atoms. The highest BCUT2D eigenvalue weighted by Crippen LogP contribution is 2.40. The molecule has 0 aliphatic heterocycles. The van der Waals surface area contributed by atoms with Gasteiger partial charge < -0.3 is 0 Å². The first-order chi connectivity index (χ1) is 13.7. The summed E-state index contributed by atoms with van der Waals surface area (Å²) in [6, 6.07) is 24.2. The molecule has 1 heteroatoms. The number of hydrogen-bond donors (Lipinski definition) is 0. The van der Waals surface area contributed by atoms with Crippen molar-refractivity contribution < 1.29 is 4.39 Å². The van der Waals surface area contributed by atoms with Crippen molar-refractivity contribution in [1.82, 2.24) is 0 Å². The summed E-state index contributed by atoms with van der Waals surface area (Å²) in [5.41, 5.74) is 5.81. The van der Waals surface area contributed by atoms with Gasteiger partial charge in [-0.05, 0) is 47.1 Å². The van der Waals surface area contributed by atoms with Gasteiger partial charge in [-0.25, -0.2) is 4.39 Å². The van der Waals surface area contributed by atoms with Crippen molar-refractivity contribution in [2.75, 3.05) is 0 Å². The second-order valence-corrected chi connectivity index (χ2v) is 6.90. The maximum Gasteiger partial charge on any atom is 0.131 e. The van der Waals surface area contributed by atoms with Gasteiger partial charge in [0.2, 0.25) is 0 Å². The van der Waals surface area contributed by atoms with Crippen molar-refractivity contribution >= 4 is 0 Å². The van der Waals surface area contributed by atoms with Gasteiger partial charge in [0.25, 0.3) is 0 Å². The quantitative estimate of drug-likeness (QED) is 0.422.